The molecule has 0 amide bonds. The number of nitrogens with one attached hydrogen (secondary N) is 1. The highest BCUT2D eigenvalue weighted by atomic mass is 79.9. The first-order valence-corrected chi connectivity index (χ1v) is 7.86. The Hall–Kier alpha value is -1.40. The van der Waals surface area contributed by atoms with Crippen LogP contribution in [-0.4, -0.2) is 28.6 Å². The molecule has 6 heteroatoms. The number of halogens is 1. The van der Waals surface area contributed by atoms with Crippen molar-refractivity contribution in [2.24, 2.45) is 7.05 Å². The maximum atomic E-state index is 5.20. The summed E-state index contributed by atoms with van der Waals surface area (Å²) in [6.45, 7) is 3.12. The van der Waals surface area contributed by atoms with E-state index in [-0.39, 0.29) is 6.04 Å². The molecule has 1 unspecified atom stereocenters. The first-order valence-electron chi connectivity index (χ1n) is 7.07. The number of aryl methyl sites for hydroxylation is 1. The van der Waals surface area contributed by atoms with Crippen LogP contribution < -0.4 is 10.1 Å². The first-order chi connectivity index (χ1) is 10.2. The van der Waals surface area contributed by atoms with Crippen molar-refractivity contribution in [3.05, 3.63) is 40.1 Å². The van der Waals surface area contributed by atoms with Gasteiger partial charge in [0.15, 0.2) is 4.60 Å². The zero-order chi connectivity index (χ0) is 15.2. The highest BCUT2D eigenvalue weighted by Crippen LogP contribution is 2.24. The molecule has 1 aromatic heterocycles. The molecular formula is C15H21BrN4O. The van der Waals surface area contributed by atoms with Crippen LogP contribution in [0.1, 0.15) is 30.6 Å². The summed E-state index contributed by atoms with van der Waals surface area (Å²) in [4.78, 5) is 0. The maximum absolute atomic E-state index is 5.20. The third kappa shape index (κ3) is 4.04. The van der Waals surface area contributed by atoms with E-state index in [2.05, 4.69) is 50.6 Å². The smallest absolute Gasteiger partial charge is 0.153 e. The Bertz CT molecular complexity index is 548. The summed E-state index contributed by atoms with van der Waals surface area (Å²) in [6.07, 6.45) is 1.96. The summed E-state index contributed by atoms with van der Waals surface area (Å²) >= 11 is 3.49. The lowest BCUT2D eigenvalue weighted by Crippen LogP contribution is -2.26. The second-order valence-corrected chi connectivity index (χ2v) is 5.70. The van der Waals surface area contributed by atoms with Gasteiger partial charge in [-0.15, -0.1) is 5.10 Å². The molecule has 2 aromatic rings. The van der Waals surface area contributed by atoms with Crippen molar-refractivity contribution in [1.82, 2.24) is 20.3 Å². The Balaban J connectivity index is 2.19. The molecule has 0 spiro atoms. The number of ether oxygens (including phenoxy) is 1. The van der Waals surface area contributed by atoms with E-state index >= 15 is 0 Å². The molecule has 1 aromatic carbocycles. The van der Waals surface area contributed by atoms with Gasteiger partial charge in [0.2, 0.25) is 0 Å². The number of hydrogen-bond donors (Lipinski definition) is 1. The van der Waals surface area contributed by atoms with E-state index in [0.717, 1.165) is 35.4 Å². The van der Waals surface area contributed by atoms with Crippen LogP contribution in [0.15, 0.2) is 28.9 Å². The molecule has 5 nitrogen and oxygen atoms in total. The number of nitrogens with zero attached hydrogens (tertiary/aromatic N) is 3. The van der Waals surface area contributed by atoms with Crippen LogP contribution >= 0.6 is 15.9 Å². The lowest BCUT2D eigenvalue weighted by molar-refractivity contribution is 0.414. The largest absolute Gasteiger partial charge is 0.497 e. The molecule has 0 fully saturated rings. The van der Waals surface area contributed by atoms with Gasteiger partial charge in [0, 0.05) is 7.05 Å². The third-order valence-electron chi connectivity index (χ3n) is 3.40. The van der Waals surface area contributed by atoms with Crippen LogP contribution in [0.2, 0.25) is 0 Å². The number of hydrogen-bond acceptors (Lipinski definition) is 4. The predicted molar refractivity (Wildman–Crippen MR) is 86.4 cm³/mol. The molecule has 21 heavy (non-hydrogen) atoms. The molecule has 0 saturated heterocycles. The summed E-state index contributed by atoms with van der Waals surface area (Å²) in [5.41, 5.74) is 2.32. The summed E-state index contributed by atoms with van der Waals surface area (Å²) in [5, 5.41) is 11.7. The molecule has 1 heterocycles. The Morgan fingerprint density at radius 3 is 2.57 bits per heavy atom. The van der Waals surface area contributed by atoms with Gasteiger partial charge in [0.25, 0.3) is 0 Å². The average molecular weight is 353 g/mol. The van der Waals surface area contributed by atoms with Crippen LogP contribution in [0.25, 0.3) is 0 Å². The molecule has 1 atom stereocenters. The van der Waals surface area contributed by atoms with Gasteiger partial charge >= 0.3 is 0 Å². The number of methoxy groups -OCH3 is 1. The standard InChI is InChI=1S/C15H21BrN4O/c1-4-9-17-13(14-15(16)18-19-20(14)2)10-11-5-7-12(21-3)8-6-11/h5-8,13,17H,4,9-10H2,1-3H3. The van der Waals surface area contributed by atoms with E-state index in [9.17, 15) is 0 Å². The van der Waals surface area contributed by atoms with Gasteiger partial charge in [-0.05, 0) is 53.0 Å². The number of benzene rings is 1. The molecule has 2 rings (SSSR count). The lowest BCUT2D eigenvalue weighted by atomic mass is 10.0. The zero-order valence-electron chi connectivity index (χ0n) is 12.6. The Morgan fingerprint density at radius 2 is 2.05 bits per heavy atom. The molecule has 0 aliphatic heterocycles. The van der Waals surface area contributed by atoms with Crippen LogP contribution in [0.5, 0.6) is 5.75 Å². The second-order valence-electron chi connectivity index (χ2n) is 4.95. The van der Waals surface area contributed by atoms with Crippen LogP contribution in [0, 0.1) is 0 Å². The summed E-state index contributed by atoms with van der Waals surface area (Å²) in [6, 6.07) is 8.34. The third-order valence-corrected chi connectivity index (χ3v) is 3.96. The van der Waals surface area contributed by atoms with E-state index in [4.69, 9.17) is 4.74 Å². The van der Waals surface area contributed by atoms with E-state index in [0.29, 0.717) is 0 Å². The predicted octanol–water partition coefficient (Wildman–Crippen LogP) is 2.87. The minimum absolute atomic E-state index is 0.174. The van der Waals surface area contributed by atoms with E-state index in [1.54, 1.807) is 7.11 Å². The van der Waals surface area contributed by atoms with Crippen molar-refractivity contribution in [3.8, 4) is 5.75 Å². The minimum Gasteiger partial charge on any atom is -0.497 e. The van der Waals surface area contributed by atoms with Crippen molar-refractivity contribution in [2.45, 2.75) is 25.8 Å². The lowest BCUT2D eigenvalue weighted by Gasteiger charge is -2.19. The van der Waals surface area contributed by atoms with Gasteiger partial charge in [-0.1, -0.05) is 24.3 Å². The van der Waals surface area contributed by atoms with E-state index < -0.39 is 0 Å². The van der Waals surface area contributed by atoms with Gasteiger partial charge in [0.1, 0.15) is 5.75 Å². The summed E-state index contributed by atoms with van der Waals surface area (Å²) in [7, 11) is 3.60. The van der Waals surface area contributed by atoms with Crippen molar-refractivity contribution in [1.29, 1.82) is 0 Å². The topological polar surface area (TPSA) is 52.0 Å². The van der Waals surface area contributed by atoms with Gasteiger partial charge in [-0.25, -0.2) is 4.68 Å². The van der Waals surface area contributed by atoms with Gasteiger partial charge in [-0.2, -0.15) is 0 Å². The van der Waals surface area contributed by atoms with Gasteiger partial charge in [-0.3, -0.25) is 0 Å². The highest BCUT2D eigenvalue weighted by molar-refractivity contribution is 9.10. The molecule has 0 aliphatic carbocycles. The van der Waals surface area contributed by atoms with E-state index in [1.165, 1.54) is 5.56 Å². The molecule has 0 aliphatic rings. The van der Waals surface area contributed by atoms with Crippen molar-refractivity contribution in [3.63, 3.8) is 0 Å². The maximum Gasteiger partial charge on any atom is 0.153 e. The quantitative estimate of drug-likeness (QED) is 0.832. The fourth-order valence-corrected chi connectivity index (χ4v) is 2.89. The Morgan fingerprint density at radius 1 is 1.33 bits per heavy atom. The van der Waals surface area contributed by atoms with Crippen LogP contribution in [0.3, 0.4) is 0 Å². The highest BCUT2D eigenvalue weighted by Gasteiger charge is 2.20. The summed E-state index contributed by atoms with van der Waals surface area (Å²) < 4.78 is 7.82. The van der Waals surface area contributed by atoms with Crippen molar-refractivity contribution >= 4 is 15.9 Å². The first kappa shape index (κ1) is 16.0. The Kier molecular flexibility index (Phi) is 5.76. The van der Waals surface area contributed by atoms with Crippen molar-refractivity contribution < 1.29 is 4.74 Å². The SMILES string of the molecule is CCCNC(Cc1ccc(OC)cc1)c1c(Br)nnn1C. The fourth-order valence-electron chi connectivity index (χ4n) is 2.29. The van der Waals surface area contributed by atoms with Crippen LogP contribution in [-0.2, 0) is 13.5 Å². The fraction of sp³-hybridized carbons (Fsp3) is 0.467. The molecule has 114 valence electrons. The van der Waals surface area contributed by atoms with Crippen LogP contribution in [0.4, 0.5) is 0 Å². The van der Waals surface area contributed by atoms with E-state index in [1.807, 2.05) is 23.9 Å². The van der Waals surface area contributed by atoms with Gasteiger partial charge in [0.05, 0.1) is 18.8 Å². The van der Waals surface area contributed by atoms with Gasteiger partial charge < -0.3 is 10.1 Å². The zero-order valence-corrected chi connectivity index (χ0v) is 14.2. The molecular weight excluding hydrogens is 332 g/mol. The number of rotatable bonds is 7. The molecule has 0 saturated carbocycles. The monoisotopic (exact) mass is 352 g/mol. The normalized spacial score (nSPS) is 12.4. The molecule has 0 bridgehead atoms. The molecule has 0 radical (unpaired) electrons. The van der Waals surface area contributed by atoms with Crippen molar-refractivity contribution in [2.75, 3.05) is 13.7 Å². The number of aromatic nitrogens is 3. The summed E-state index contributed by atoms with van der Waals surface area (Å²) in [5.74, 6) is 0.875. The average Bonchev–Trinajstić information content (AvgIpc) is 2.83. The minimum atomic E-state index is 0.174. The second kappa shape index (κ2) is 7.56. The molecule has 1 N–H and O–H groups in total. The Labute approximate surface area is 133 Å².